The van der Waals surface area contributed by atoms with Crippen molar-refractivity contribution in [2.45, 2.75) is 23.8 Å². The lowest BCUT2D eigenvalue weighted by atomic mass is 10.1. The van der Waals surface area contributed by atoms with Gasteiger partial charge in [-0.15, -0.1) is 0 Å². The Bertz CT molecular complexity index is 1460. The summed E-state index contributed by atoms with van der Waals surface area (Å²) in [6, 6.07) is 14.8. The first-order valence-electron chi connectivity index (χ1n) is 11.1. The molecule has 0 bridgehead atoms. The van der Waals surface area contributed by atoms with Gasteiger partial charge in [-0.3, -0.25) is 14.2 Å². The summed E-state index contributed by atoms with van der Waals surface area (Å²) in [5.41, 5.74) is 1.16. The minimum absolute atomic E-state index is 0.0961. The van der Waals surface area contributed by atoms with Crippen LogP contribution >= 0.6 is 23.4 Å². The molecule has 1 saturated heterocycles. The highest BCUT2D eigenvalue weighted by Gasteiger charge is 2.21. The van der Waals surface area contributed by atoms with Gasteiger partial charge in [0.05, 0.1) is 16.6 Å². The van der Waals surface area contributed by atoms with Crippen LogP contribution in [0.4, 0.5) is 8.78 Å². The molecule has 1 amide bonds. The van der Waals surface area contributed by atoms with E-state index < -0.39 is 11.6 Å². The van der Waals surface area contributed by atoms with E-state index >= 15 is 0 Å². The van der Waals surface area contributed by atoms with E-state index in [1.54, 1.807) is 29.2 Å². The van der Waals surface area contributed by atoms with E-state index in [1.165, 1.54) is 41.0 Å². The number of hydrogen-bond acceptors (Lipinski definition) is 4. The molecule has 1 aliphatic heterocycles. The zero-order valence-electron chi connectivity index (χ0n) is 18.5. The third-order valence-corrected chi connectivity index (χ3v) is 7.29. The summed E-state index contributed by atoms with van der Waals surface area (Å²) in [6.45, 7) is 1.42. The minimum Gasteiger partial charge on any atom is -0.339 e. The molecule has 0 saturated carbocycles. The van der Waals surface area contributed by atoms with Crippen LogP contribution in [0, 0.1) is 11.6 Å². The van der Waals surface area contributed by atoms with Crippen LogP contribution in [0.1, 0.15) is 28.8 Å². The van der Waals surface area contributed by atoms with Gasteiger partial charge in [-0.1, -0.05) is 29.4 Å². The molecule has 35 heavy (non-hydrogen) atoms. The number of amides is 1. The SMILES string of the molecule is O=C(c1ccc2c(=O)n(-c3ccc(F)cc3)c(SCc3c(F)cccc3Cl)nc2c1)N1CCCC1. The standard InChI is InChI=1S/C26H20ClF2N3O2S/c27-21-4-3-5-22(29)20(21)15-35-26-30-23-14-16(24(33)31-12-1-2-13-31)6-11-19(23)25(34)32(26)18-9-7-17(28)8-10-18/h3-11,14H,1-2,12-13,15H2. The molecule has 0 unspecified atom stereocenters. The molecule has 0 aliphatic carbocycles. The first kappa shape index (κ1) is 23.5. The molecule has 5 nitrogen and oxygen atoms in total. The number of rotatable bonds is 5. The number of hydrogen-bond donors (Lipinski definition) is 0. The Morgan fingerprint density at radius 2 is 1.77 bits per heavy atom. The van der Waals surface area contributed by atoms with Gasteiger partial charge in [0.25, 0.3) is 11.5 Å². The lowest BCUT2D eigenvalue weighted by Crippen LogP contribution is -2.28. The predicted molar refractivity (Wildman–Crippen MR) is 133 cm³/mol. The number of aromatic nitrogens is 2. The number of halogens is 3. The topological polar surface area (TPSA) is 55.2 Å². The summed E-state index contributed by atoms with van der Waals surface area (Å²) in [5, 5.41) is 0.868. The molecule has 0 atom stereocenters. The third kappa shape index (κ3) is 4.68. The van der Waals surface area contributed by atoms with Gasteiger partial charge >= 0.3 is 0 Å². The van der Waals surface area contributed by atoms with Crippen LogP contribution < -0.4 is 5.56 Å². The molecule has 0 spiro atoms. The molecule has 5 rings (SSSR count). The summed E-state index contributed by atoms with van der Waals surface area (Å²) in [6.07, 6.45) is 1.94. The Balaban J connectivity index is 1.62. The quantitative estimate of drug-likeness (QED) is 0.249. The summed E-state index contributed by atoms with van der Waals surface area (Å²) in [4.78, 5) is 32.9. The van der Waals surface area contributed by atoms with Gasteiger partial charge < -0.3 is 4.90 Å². The average Bonchev–Trinajstić information content (AvgIpc) is 3.39. The van der Waals surface area contributed by atoms with E-state index in [0.29, 0.717) is 35.2 Å². The van der Waals surface area contributed by atoms with Crippen molar-refractivity contribution in [1.82, 2.24) is 14.5 Å². The number of carbonyl (C=O) groups is 1. The van der Waals surface area contributed by atoms with Crippen molar-refractivity contribution in [2.75, 3.05) is 13.1 Å². The van der Waals surface area contributed by atoms with Crippen molar-refractivity contribution in [3.63, 3.8) is 0 Å². The molecule has 0 N–H and O–H groups in total. The molecule has 4 aromatic rings. The second-order valence-electron chi connectivity index (χ2n) is 8.23. The Morgan fingerprint density at radius 3 is 2.49 bits per heavy atom. The summed E-state index contributed by atoms with van der Waals surface area (Å²) >= 11 is 7.32. The van der Waals surface area contributed by atoms with Crippen LogP contribution in [0.2, 0.25) is 5.02 Å². The first-order chi connectivity index (χ1) is 16.9. The lowest BCUT2D eigenvalue weighted by Gasteiger charge is -2.16. The van der Waals surface area contributed by atoms with Crippen LogP contribution in [-0.2, 0) is 5.75 Å². The molecule has 9 heteroatoms. The molecule has 1 fully saturated rings. The van der Waals surface area contributed by atoms with Crippen molar-refractivity contribution in [3.05, 3.63) is 98.8 Å². The zero-order valence-corrected chi connectivity index (χ0v) is 20.1. The maximum absolute atomic E-state index is 14.4. The van der Waals surface area contributed by atoms with Gasteiger partial charge in [-0.25, -0.2) is 13.8 Å². The average molecular weight is 512 g/mol. The molecule has 3 aromatic carbocycles. The fourth-order valence-electron chi connectivity index (χ4n) is 4.12. The number of fused-ring (bicyclic) bond motifs is 1. The Kier molecular flexibility index (Phi) is 6.58. The number of carbonyl (C=O) groups excluding carboxylic acids is 1. The van der Waals surface area contributed by atoms with Crippen molar-refractivity contribution in [3.8, 4) is 5.69 Å². The monoisotopic (exact) mass is 511 g/mol. The highest BCUT2D eigenvalue weighted by molar-refractivity contribution is 7.98. The van der Waals surface area contributed by atoms with Gasteiger partial charge in [0.1, 0.15) is 11.6 Å². The number of nitrogens with zero attached hydrogens (tertiary/aromatic N) is 3. The van der Waals surface area contributed by atoms with Gasteiger partial charge in [-0.05, 0) is 67.4 Å². The lowest BCUT2D eigenvalue weighted by molar-refractivity contribution is 0.0793. The van der Waals surface area contributed by atoms with E-state index in [1.807, 2.05) is 0 Å². The molecule has 178 valence electrons. The second kappa shape index (κ2) is 9.79. The first-order valence-corrected chi connectivity index (χ1v) is 12.5. The maximum atomic E-state index is 14.4. The third-order valence-electron chi connectivity index (χ3n) is 5.97. The molecule has 1 aromatic heterocycles. The van der Waals surface area contributed by atoms with E-state index in [2.05, 4.69) is 4.98 Å². The van der Waals surface area contributed by atoms with Crippen molar-refractivity contribution >= 4 is 40.2 Å². The Morgan fingerprint density at radius 1 is 1.03 bits per heavy atom. The second-order valence-corrected chi connectivity index (χ2v) is 9.58. The van der Waals surface area contributed by atoms with Crippen LogP contribution in [0.25, 0.3) is 16.6 Å². The summed E-state index contributed by atoms with van der Waals surface area (Å²) in [5.74, 6) is -0.869. The summed E-state index contributed by atoms with van der Waals surface area (Å²) in [7, 11) is 0. The van der Waals surface area contributed by atoms with Crippen molar-refractivity contribution < 1.29 is 13.6 Å². The number of likely N-dealkylation sites (tertiary alicyclic amines) is 1. The number of benzene rings is 3. The number of thioether (sulfide) groups is 1. The molecule has 0 radical (unpaired) electrons. The molecule has 2 heterocycles. The Labute approximate surface area is 209 Å². The fraction of sp³-hybridized carbons (Fsp3) is 0.192. The summed E-state index contributed by atoms with van der Waals surface area (Å²) < 4.78 is 29.3. The van der Waals surface area contributed by atoms with Gasteiger partial charge in [0, 0.05) is 35.0 Å². The van der Waals surface area contributed by atoms with Crippen LogP contribution in [-0.4, -0.2) is 33.4 Å². The van der Waals surface area contributed by atoms with Crippen molar-refractivity contribution in [1.29, 1.82) is 0 Å². The van der Waals surface area contributed by atoms with Crippen molar-refractivity contribution in [2.24, 2.45) is 0 Å². The minimum atomic E-state index is -0.458. The largest absolute Gasteiger partial charge is 0.339 e. The maximum Gasteiger partial charge on any atom is 0.266 e. The fourth-order valence-corrected chi connectivity index (χ4v) is 5.48. The molecule has 1 aliphatic rings. The molecular weight excluding hydrogens is 492 g/mol. The predicted octanol–water partition coefficient (Wildman–Crippen LogP) is 5.85. The molecular formula is C26H20ClF2N3O2S. The smallest absolute Gasteiger partial charge is 0.266 e. The van der Waals surface area contributed by atoms with Crippen LogP contribution in [0.15, 0.2) is 70.6 Å². The van der Waals surface area contributed by atoms with Gasteiger partial charge in [0.2, 0.25) is 0 Å². The van der Waals surface area contributed by atoms with Gasteiger partial charge in [0.15, 0.2) is 5.16 Å². The van der Waals surface area contributed by atoms with E-state index in [0.717, 1.165) is 24.6 Å². The van der Waals surface area contributed by atoms with E-state index in [4.69, 9.17) is 11.6 Å². The van der Waals surface area contributed by atoms with Crippen LogP contribution in [0.5, 0.6) is 0 Å². The zero-order chi connectivity index (χ0) is 24.5. The van der Waals surface area contributed by atoms with E-state index in [9.17, 15) is 18.4 Å². The highest BCUT2D eigenvalue weighted by Crippen LogP contribution is 2.29. The van der Waals surface area contributed by atoms with E-state index in [-0.39, 0.29) is 33.0 Å². The normalized spacial score (nSPS) is 13.5. The highest BCUT2D eigenvalue weighted by atomic mass is 35.5. The Hall–Kier alpha value is -3.23. The van der Waals surface area contributed by atoms with Crippen LogP contribution in [0.3, 0.4) is 0 Å². The van der Waals surface area contributed by atoms with Gasteiger partial charge in [-0.2, -0.15) is 0 Å².